The zero-order valence-corrected chi connectivity index (χ0v) is 13.7. The number of thiophene rings is 1. The fourth-order valence-corrected chi connectivity index (χ4v) is 4.35. The Morgan fingerprint density at radius 3 is 2.63 bits per heavy atom. The maximum atomic E-state index is 12.2. The standard InChI is InChI=1S/C14H22N2OS2/c1-8(2)11(17)12-10(15)13(18-4)14(19-12)16(3)7-9-5-6-9/h8-9H,5-7,15H2,1-4H3. The van der Waals surface area contributed by atoms with E-state index in [0.29, 0.717) is 5.69 Å². The Morgan fingerprint density at radius 1 is 1.53 bits per heavy atom. The molecule has 0 aliphatic heterocycles. The molecule has 0 radical (unpaired) electrons. The van der Waals surface area contributed by atoms with Gasteiger partial charge in [0.15, 0.2) is 5.78 Å². The maximum absolute atomic E-state index is 12.2. The van der Waals surface area contributed by atoms with Crippen LogP contribution in [0.3, 0.4) is 0 Å². The molecule has 0 aromatic carbocycles. The quantitative estimate of drug-likeness (QED) is 0.642. The molecule has 0 spiro atoms. The number of nitrogen functional groups attached to an aromatic ring is 1. The highest BCUT2D eigenvalue weighted by Crippen LogP contribution is 2.45. The summed E-state index contributed by atoms with van der Waals surface area (Å²) in [6.45, 7) is 4.92. The maximum Gasteiger partial charge on any atom is 0.177 e. The van der Waals surface area contributed by atoms with Gasteiger partial charge in [-0.25, -0.2) is 0 Å². The van der Waals surface area contributed by atoms with Crippen molar-refractivity contribution >= 4 is 39.6 Å². The first-order chi connectivity index (χ1) is 8.95. The molecular formula is C14H22N2OS2. The Hall–Kier alpha value is -0.680. The summed E-state index contributed by atoms with van der Waals surface area (Å²) < 4.78 is 0. The van der Waals surface area contributed by atoms with Gasteiger partial charge in [-0.15, -0.1) is 23.1 Å². The van der Waals surface area contributed by atoms with Crippen molar-refractivity contribution in [1.29, 1.82) is 0 Å². The van der Waals surface area contributed by atoms with Crippen LogP contribution in [-0.2, 0) is 0 Å². The molecule has 2 N–H and O–H groups in total. The number of nitrogens with two attached hydrogens (primary N) is 1. The molecule has 0 unspecified atom stereocenters. The van der Waals surface area contributed by atoms with Gasteiger partial charge in [0.25, 0.3) is 0 Å². The third kappa shape index (κ3) is 3.08. The van der Waals surface area contributed by atoms with Gasteiger partial charge in [0.1, 0.15) is 5.00 Å². The molecule has 19 heavy (non-hydrogen) atoms. The lowest BCUT2D eigenvalue weighted by molar-refractivity contribution is 0.0944. The Morgan fingerprint density at radius 2 is 2.16 bits per heavy atom. The highest BCUT2D eigenvalue weighted by atomic mass is 32.2. The van der Waals surface area contributed by atoms with Crippen LogP contribution in [0, 0.1) is 11.8 Å². The second-order valence-corrected chi connectivity index (χ2v) is 7.34. The van der Waals surface area contributed by atoms with Crippen molar-refractivity contribution in [2.24, 2.45) is 11.8 Å². The smallest absolute Gasteiger partial charge is 0.177 e. The Kier molecular flexibility index (Phi) is 4.46. The second-order valence-electron chi connectivity index (χ2n) is 5.53. The van der Waals surface area contributed by atoms with E-state index in [4.69, 9.17) is 5.73 Å². The molecule has 1 aliphatic carbocycles. The van der Waals surface area contributed by atoms with Gasteiger partial charge in [-0.05, 0) is 25.0 Å². The molecule has 0 amide bonds. The highest BCUT2D eigenvalue weighted by Gasteiger charge is 2.27. The monoisotopic (exact) mass is 298 g/mol. The normalized spacial score (nSPS) is 15.0. The number of rotatable bonds is 6. The van der Waals surface area contributed by atoms with E-state index < -0.39 is 0 Å². The summed E-state index contributed by atoms with van der Waals surface area (Å²) in [7, 11) is 2.10. The van der Waals surface area contributed by atoms with Gasteiger partial charge in [0.05, 0.1) is 15.5 Å². The van der Waals surface area contributed by atoms with Crippen LogP contribution in [-0.4, -0.2) is 25.6 Å². The molecule has 0 bridgehead atoms. The number of carbonyl (C=O) groups excluding carboxylic acids is 1. The molecule has 5 heteroatoms. The van der Waals surface area contributed by atoms with Crippen LogP contribution < -0.4 is 10.6 Å². The third-order valence-electron chi connectivity index (χ3n) is 3.41. The van der Waals surface area contributed by atoms with E-state index in [1.807, 2.05) is 20.1 Å². The molecule has 1 aromatic rings. The van der Waals surface area contributed by atoms with Crippen molar-refractivity contribution in [2.45, 2.75) is 31.6 Å². The van der Waals surface area contributed by atoms with Gasteiger partial charge in [-0.2, -0.15) is 0 Å². The minimum Gasteiger partial charge on any atom is -0.396 e. The largest absolute Gasteiger partial charge is 0.396 e. The van der Waals surface area contributed by atoms with E-state index in [-0.39, 0.29) is 11.7 Å². The number of Topliss-reactive ketones (excluding diaryl/α,β-unsaturated/α-hetero) is 1. The summed E-state index contributed by atoms with van der Waals surface area (Å²) in [4.78, 5) is 16.3. The van der Waals surface area contributed by atoms with Gasteiger partial charge in [0.2, 0.25) is 0 Å². The zero-order valence-electron chi connectivity index (χ0n) is 12.0. The molecule has 1 aliphatic rings. The van der Waals surface area contributed by atoms with Gasteiger partial charge in [-0.1, -0.05) is 13.8 Å². The number of nitrogens with zero attached hydrogens (tertiary/aromatic N) is 1. The minimum absolute atomic E-state index is 0.00255. The second kappa shape index (κ2) is 5.75. The summed E-state index contributed by atoms with van der Waals surface area (Å²) >= 11 is 3.19. The average Bonchev–Trinajstić information content (AvgIpc) is 3.10. The number of anilines is 2. The van der Waals surface area contributed by atoms with E-state index >= 15 is 0 Å². The minimum atomic E-state index is -0.00255. The third-order valence-corrected chi connectivity index (χ3v) is 5.70. The Labute approximate surface area is 123 Å². The topological polar surface area (TPSA) is 46.3 Å². The molecule has 0 atom stereocenters. The van der Waals surface area contributed by atoms with Crippen LogP contribution >= 0.6 is 23.1 Å². The van der Waals surface area contributed by atoms with Crippen molar-refractivity contribution in [1.82, 2.24) is 0 Å². The average molecular weight is 298 g/mol. The predicted molar refractivity (Wildman–Crippen MR) is 85.7 cm³/mol. The highest BCUT2D eigenvalue weighted by molar-refractivity contribution is 7.99. The van der Waals surface area contributed by atoms with E-state index in [9.17, 15) is 4.79 Å². The number of hydrogen-bond donors (Lipinski definition) is 1. The van der Waals surface area contributed by atoms with E-state index in [1.54, 1.807) is 23.1 Å². The first kappa shape index (κ1) is 14.7. The lowest BCUT2D eigenvalue weighted by atomic mass is 10.1. The van der Waals surface area contributed by atoms with Crippen molar-refractivity contribution in [3.05, 3.63) is 4.88 Å². The summed E-state index contributed by atoms with van der Waals surface area (Å²) in [5, 5.41) is 1.15. The summed E-state index contributed by atoms with van der Waals surface area (Å²) in [5.74, 6) is 0.980. The number of thioether (sulfide) groups is 1. The number of ketones is 1. The van der Waals surface area contributed by atoms with Crippen molar-refractivity contribution in [3.63, 3.8) is 0 Å². The van der Waals surface area contributed by atoms with Crippen LogP contribution in [0.4, 0.5) is 10.7 Å². The van der Waals surface area contributed by atoms with Gasteiger partial charge in [-0.3, -0.25) is 4.79 Å². The summed E-state index contributed by atoms with van der Waals surface area (Å²) in [5.41, 5.74) is 6.85. The van der Waals surface area contributed by atoms with Gasteiger partial charge in [0, 0.05) is 19.5 Å². The molecule has 1 saturated carbocycles. The van der Waals surface area contributed by atoms with Gasteiger partial charge < -0.3 is 10.6 Å². The predicted octanol–water partition coefficient (Wildman–Crippen LogP) is 3.74. The fourth-order valence-electron chi connectivity index (χ4n) is 2.08. The lowest BCUT2D eigenvalue weighted by Crippen LogP contribution is -2.19. The van der Waals surface area contributed by atoms with Crippen LogP contribution in [0.15, 0.2) is 4.90 Å². The molecule has 0 saturated heterocycles. The summed E-state index contributed by atoms with van der Waals surface area (Å²) in [6, 6.07) is 0. The molecule has 2 rings (SSSR count). The number of hydrogen-bond acceptors (Lipinski definition) is 5. The van der Waals surface area contributed by atoms with Crippen LogP contribution in [0.25, 0.3) is 0 Å². The van der Waals surface area contributed by atoms with Crippen molar-refractivity contribution in [2.75, 3.05) is 30.5 Å². The number of carbonyl (C=O) groups is 1. The van der Waals surface area contributed by atoms with Crippen LogP contribution in [0.2, 0.25) is 0 Å². The molecule has 1 aromatic heterocycles. The molecule has 106 valence electrons. The first-order valence-electron chi connectivity index (χ1n) is 6.67. The van der Waals surface area contributed by atoms with E-state index in [1.165, 1.54) is 12.8 Å². The van der Waals surface area contributed by atoms with E-state index in [0.717, 1.165) is 27.2 Å². The first-order valence-corrected chi connectivity index (χ1v) is 8.71. The van der Waals surface area contributed by atoms with Crippen LogP contribution in [0.1, 0.15) is 36.4 Å². The Bertz CT molecular complexity index is 478. The van der Waals surface area contributed by atoms with Crippen LogP contribution in [0.5, 0.6) is 0 Å². The molecular weight excluding hydrogens is 276 g/mol. The molecule has 1 fully saturated rings. The Balaban J connectivity index is 2.31. The van der Waals surface area contributed by atoms with E-state index in [2.05, 4.69) is 11.9 Å². The van der Waals surface area contributed by atoms with Crippen molar-refractivity contribution in [3.8, 4) is 0 Å². The summed E-state index contributed by atoms with van der Waals surface area (Å²) in [6.07, 6.45) is 4.69. The lowest BCUT2D eigenvalue weighted by Gasteiger charge is -2.18. The van der Waals surface area contributed by atoms with Crippen molar-refractivity contribution < 1.29 is 4.79 Å². The molecule has 1 heterocycles. The molecule has 3 nitrogen and oxygen atoms in total. The zero-order chi connectivity index (χ0) is 14.2. The van der Waals surface area contributed by atoms with Gasteiger partial charge >= 0.3 is 0 Å². The SMILES string of the molecule is CSc1c(N(C)CC2CC2)sc(C(=O)C(C)C)c1N. The fraction of sp³-hybridized carbons (Fsp3) is 0.643.